The molecule has 2 aromatic carbocycles. The maximum atomic E-state index is 6.17. The molecule has 158 valence electrons. The molecule has 0 saturated carbocycles. The second-order valence-corrected chi connectivity index (χ2v) is 6.60. The summed E-state index contributed by atoms with van der Waals surface area (Å²) in [6.45, 7) is 2.16. The molecular weight excluding hydrogens is 396 g/mol. The lowest BCUT2D eigenvalue weighted by atomic mass is 10.1. The zero-order valence-electron chi connectivity index (χ0n) is 17.5. The van der Waals surface area contributed by atoms with Crippen LogP contribution in [0.25, 0.3) is 17.1 Å². The molecule has 0 unspecified atom stereocenters. The van der Waals surface area contributed by atoms with E-state index < -0.39 is 0 Å². The van der Waals surface area contributed by atoms with Gasteiger partial charge in [0.05, 0.1) is 26.1 Å². The summed E-state index contributed by atoms with van der Waals surface area (Å²) in [5.74, 6) is 2.01. The number of methoxy groups -OCH3 is 2. The fourth-order valence-electron chi connectivity index (χ4n) is 3.07. The van der Waals surface area contributed by atoms with Gasteiger partial charge in [-0.15, -0.1) is 5.10 Å². The summed E-state index contributed by atoms with van der Waals surface area (Å²) in [6, 6.07) is 15.3. The lowest BCUT2D eigenvalue weighted by Crippen LogP contribution is -2.02. The fourth-order valence-corrected chi connectivity index (χ4v) is 3.07. The Morgan fingerprint density at radius 3 is 2.58 bits per heavy atom. The maximum Gasteiger partial charge on any atom is 0.148 e. The van der Waals surface area contributed by atoms with Crippen molar-refractivity contribution in [3.63, 3.8) is 0 Å². The summed E-state index contributed by atoms with van der Waals surface area (Å²) >= 11 is 0. The van der Waals surface area contributed by atoms with E-state index >= 15 is 0 Å². The summed E-state index contributed by atoms with van der Waals surface area (Å²) in [7, 11) is 3.21. The minimum absolute atomic E-state index is 0.231. The third kappa shape index (κ3) is 4.40. The highest BCUT2D eigenvalue weighted by Gasteiger charge is 2.13. The van der Waals surface area contributed by atoms with Crippen LogP contribution in [0, 0.1) is 0 Å². The summed E-state index contributed by atoms with van der Waals surface area (Å²) < 4.78 is 20.2. The molecule has 0 atom stereocenters. The highest BCUT2D eigenvalue weighted by molar-refractivity contribution is 5.77. The summed E-state index contributed by atoms with van der Waals surface area (Å²) in [5, 5.41) is 12.7. The molecule has 0 spiro atoms. The zero-order valence-corrected chi connectivity index (χ0v) is 17.5. The van der Waals surface area contributed by atoms with Crippen LogP contribution in [0.5, 0.6) is 11.5 Å². The molecule has 0 aliphatic carbocycles. The van der Waals surface area contributed by atoms with Crippen LogP contribution >= 0.6 is 0 Å². The van der Waals surface area contributed by atoms with Gasteiger partial charge in [-0.2, -0.15) is 5.10 Å². The number of nitrogens with zero attached hydrogens (tertiary/aromatic N) is 6. The Balaban J connectivity index is 1.59. The molecule has 0 bridgehead atoms. The molecule has 0 fully saturated rings. The molecule has 0 N–H and O–H groups in total. The highest BCUT2D eigenvalue weighted by Crippen LogP contribution is 2.28. The van der Waals surface area contributed by atoms with Crippen LogP contribution in [-0.2, 0) is 11.3 Å². The van der Waals surface area contributed by atoms with E-state index in [9.17, 15) is 0 Å². The summed E-state index contributed by atoms with van der Waals surface area (Å²) in [6.07, 6.45) is 4.92. The average Bonchev–Trinajstić information content (AvgIpc) is 3.52. The second-order valence-electron chi connectivity index (χ2n) is 6.60. The van der Waals surface area contributed by atoms with Gasteiger partial charge in [-0.3, -0.25) is 0 Å². The van der Waals surface area contributed by atoms with Gasteiger partial charge in [0, 0.05) is 11.6 Å². The number of ether oxygens (including phenoxy) is 3. The van der Waals surface area contributed by atoms with E-state index in [2.05, 4.69) is 20.4 Å². The van der Waals surface area contributed by atoms with E-state index in [1.54, 1.807) is 42.2 Å². The monoisotopic (exact) mass is 418 g/mol. The molecule has 9 nitrogen and oxygen atoms in total. The van der Waals surface area contributed by atoms with Crippen LogP contribution in [0.2, 0.25) is 0 Å². The third-order valence-electron chi connectivity index (χ3n) is 4.67. The van der Waals surface area contributed by atoms with Crippen molar-refractivity contribution in [2.24, 2.45) is 0 Å². The number of rotatable bonds is 8. The molecule has 2 heterocycles. The van der Waals surface area contributed by atoms with Crippen molar-refractivity contribution in [1.82, 2.24) is 29.8 Å². The van der Waals surface area contributed by atoms with E-state index in [0.29, 0.717) is 23.0 Å². The first-order valence-corrected chi connectivity index (χ1v) is 9.57. The Kier molecular flexibility index (Phi) is 5.93. The first kappa shape index (κ1) is 20.1. The van der Waals surface area contributed by atoms with Crippen LogP contribution in [0.3, 0.4) is 0 Å². The topological polar surface area (TPSA) is 89.1 Å². The summed E-state index contributed by atoms with van der Waals surface area (Å²) in [5.41, 5.74) is 3.16. The average molecular weight is 418 g/mol. The van der Waals surface area contributed by atoms with Crippen LogP contribution in [-0.4, -0.2) is 44.0 Å². The Labute approximate surface area is 179 Å². The van der Waals surface area contributed by atoms with Crippen molar-refractivity contribution >= 4 is 11.5 Å². The second kappa shape index (κ2) is 9.12. The predicted molar refractivity (Wildman–Crippen MR) is 115 cm³/mol. The van der Waals surface area contributed by atoms with Gasteiger partial charge in [0.25, 0.3) is 0 Å². The highest BCUT2D eigenvalue weighted by atomic mass is 16.5. The number of aromatic nitrogens is 6. The van der Waals surface area contributed by atoms with Gasteiger partial charge in [0.2, 0.25) is 0 Å². The van der Waals surface area contributed by atoms with Gasteiger partial charge < -0.3 is 14.2 Å². The van der Waals surface area contributed by atoms with Crippen molar-refractivity contribution in [3.05, 3.63) is 78.6 Å². The molecule has 0 aliphatic heterocycles. The van der Waals surface area contributed by atoms with Gasteiger partial charge in [0.1, 0.15) is 47.9 Å². The van der Waals surface area contributed by atoms with Crippen molar-refractivity contribution in [2.45, 2.75) is 13.5 Å². The lowest BCUT2D eigenvalue weighted by molar-refractivity contribution is 0.259. The Bertz CT molecular complexity index is 1170. The van der Waals surface area contributed by atoms with Gasteiger partial charge in [-0.25, -0.2) is 14.3 Å². The predicted octanol–water partition coefficient (Wildman–Crippen LogP) is 3.44. The van der Waals surface area contributed by atoms with Gasteiger partial charge in [0.15, 0.2) is 0 Å². The van der Waals surface area contributed by atoms with Crippen molar-refractivity contribution in [2.75, 3.05) is 14.2 Å². The molecule has 2 aromatic heterocycles. The van der Waals surface area contributed by atoms with Crippen molar-refractivity contribution in [1.29, 1.82) is 0 Å². The standard InChI is InChI=1S/C22H22N6O3/c1-16(28-15-23-14-24-28)22(17-7-5-4-6-8-17)31-13-18-12-27(26-25-18)20-10-9-19(29-2)11-21(20)30-3/h4-12,14-15H,13H2,1-3H3/b22-16-. The molecule has 9 heteroatoms. The number of hydrogen-bond donors (Lipinski definition) is 0. The molecular formula is C22H22N6O3. The van der Waals surface area contributed by atoms with Crippen LogP contribution in [0.15, 0.2) is 67.4 Å². The van der Waals surface area contributed by atoms with E-state index in [-0.39, 0.29) is 6.61 Å². The van der Waals surface area contributed by atoms with Crippen LogP contribution in [0.1, 0.15) is 18.2 Å². The Morgan fingerprint density at radius 1 is 1.03 bits per heavy atom. The van der Waals surface area contributed by atoms with Crippen molar-refractivity contribution < 1.29 is 14.2 Å². The molecule has 31 heavy (non-hydrogen) atoms. The molecule has 0 radical (unpaired) electrons. The minimum atomic E-state index is 0.231. The molecule has 0 amide bonds. The quantitative estimate of drug-likeness (QED) is 0.405. The zero-order chi connectivity index (χ0) is 21.6. The van der Waals surface area contributed by atoms with Crippen LogP contribution in [0.4, 0.5) is 0 Å². The van der Waals surface area contributed by atoms with Gasteiger partial charge in [-0.1, -0.05) is 35.5 Å². The largest absolute Gasteiger partial charge is 0.497 e. The number of allylic oxidation sites excluding steroid dienone is 1. The normalized spacial score (nSPS) is 11.7. The molecule has 0 saturated heterocycles. The van der Waals surface area contributed by atoms with E-state index in [1.165, 1.54) is 6.33 Å². The fraction of sp³-hybridized carbons (Fsp3) is 0.182. The smallest absolute Gasteiger partial charge is 0.148 e. The SMILES string of the molecule is COc1ccc(-n2cc(CO/C(=C(/C)n3cncn3)c3ccccc3)nn2)c(OC)c1. The number of hydrogen-bond acceptors (Lipinski definition) is 7. The Hall–Kier alpha value is -4.14. The third-order valence-corrected chi connectivity index (χ3v) is 4.67. The first-order chi connectivity index (χ1) is 15.2. The van der Waals surface area contributed by atoms with Crippen LogP contribution < -0.4 is 9.47 Å². The molecule has 4 rings (SSSR count). The van der Waals surface area contributed by atoms with E-state index in [1.807, 2.05) is 49.4 Å². The molecule has 0 aliphatic rings. The van der Waals surface area contributed by atoms with Crippen molar-refractivity contribution in [3.8, 4) is 17.2 Å². The van der Waals surface area contributed by atoms with Gasteiger partial charge in [-0.05, 0) is 19.1 Å². The lowest BCUT2D eigenvalue weighted by Gasteiger charge is -2.13. The first-order valence-electron chi connectivity index (χ1n) is 9.57. The number of benzene rings is 2. The maximum absolute atomic E-state index is 6.17. The molecule has 4 aromatic rings. The van der Waals surface area contributed by atoms with E-state index in [4.69, 9.17) is 14.2 Å². The Morgan fingerprint density at radius 2 is 1.87 bits per heavy atom. The van der Waals surface area contributed by atoms with E-state index in [0.717, 1.165) is 16.9 Å². The summed E-state index contributed by atoms with van der Waals surface area (Å²) in [4.78, 5) is 4.02. The van der Waals surface area contributed by atoms with Gasteiger partial charge >= 0.3 is 0 Å². The minimum Gasteiger partial charge on any atom is -0.497 e.